The maximum absolute atomic E-state index is 5.81. The van der Waals surface area contributed by atoms with Gasteiger partial charge in [0.05, 0.1) is 6.61 Å². The first-order chi connectivity index (χ1) is 10.3. The van der Waals surface area contributed by atoms with Gasteiger partial charge in [-0.15, -0.1) is 0 Å². The van der Waals surface area contributed by atoms with Gasteiger partial charge in [-0.1, -0.05) is 25.1 Å². The Balaban J connectivity index is 2.10. The summed E-state index contributed by atoms with van der Waals surface area (Å²) in [6.07, 6.45) is 3.81. The molecule has 1 aromatic carbocycles. The van der Waals surface area contributed by atoms with Crippen molar-refractivity contribution < 1.29 is 4.74 Å². The topological polar surface area (TPSA) is 24.5 Å². The van der Waals surface area contributed by atoms with Crippen molar-refractivity contribution in [1.82, 2.24) is 10.2 Å². The third-order valence-electron chi connectivity index (χ3n) is 4.34. The monoisotopic (exact) mass is 290 g/mol. The first kappa shape index (κ1) is 16.3. The summed E-state index contributed by atoms with van der Waals surface area (Å²) in [5.74, 6) is 1.04. The van der Waals surface area contributed by atoms with E-state index in [4.69, 9.17) is 4.74 Å². The van der Waals surface area contributed by atoms with Gasteiger partial charge < -0.3 is 10.1 Å². The van der Waals surface area contributed by atoms with Crippen LogP contribution in [0.2, 0.25) is 0 Å². The van der Waals surface area contributed by atoms with Gasteiger partial charge in [0.2, 0.25) is 0 Å². The number of benzene rings is 1. The molecular formula is C18H30N2O. The molecule has 1 aromatic rings. The van der Waals surface area contributed by atoms with E-state index in [9.17, 15) is 0 Å². The first-order valence-electron chi connectivity index (χ1n) is 8.45. The fraction of sp³-hybridized carbons (Fsp3) is 0.667. The van der Waals surface area contributed by atoms with Crippen molar-refractivity contribution >= 4 is 0 Å². The summed E-state index contributed by atoms with van der Waals surface area (Å²) in [4.78, 5) is 2.60. The Morgan fingerprint density at radius 1 is 1.33 bits per heavy atom. The minimum absolute atomic E-state index is 0.398. The molecule has 3 heteroatoms. The summed E-state index contributed by atoms with van der Waals surface area (Å²) in [7, 11) is 0. The lowest BCUT2D eigenvalue weighted by Crippen LogP contribution is -2.39. The largest absolute Gasteiger partial charge is 0.494 e. The standard InChI is InChI=1S/C18H30N2O/c1-4-13-20(14-16-9-8-12-19-16)15(3)17-10-6-7-11-18(17)21-5-2/h6-7,10-11,15-16,19H,4-5,8-9,12-14H2,1-3H3. The van der Waals surface area contributed by atoms with Gasteiger partial charge in [0.15, 0.2) is 0 Å². The molecule has 1 fully saturated rings. The highest BCUT2D eigenvalue weighted by Crippen LogP contribution is 2.29. The lowest BCUT2D eigenvalue weighted by Gasteiger charge is -2.32. The third-order valence-corrected chi connectivity index (χ3v) is 4.34. The molecule has 1 heterocycles. The van der Waals surface area contributed by atoms with Crippen molar-refractivity contribution in [3.63, 3.8) is 0 Å². The zero-order valence-electron chi connectivity index (χ0n) is 13.8. The van der Waals surface area contributed by atoms with Gasteiger partial charge in [0, 0.05) is 24.2 Å². The van der Waals surface area contributed by atoms with E-state index >= 15 is 0 Å². The minimum Gasteiger partial charge on any atom is -0.494 e. The zero-order chi connectivity index (χ0) is 15.1. The second-order valence-electron chi connectivity index (χ2n) is 5.94. The molecule has 2 unspecified atom stereocenters. The normalized spacial score (nSPS) is 19.9. The van der Waals surface area contributed by atoms with Gasteiger partial charge in [-0.2, -0.15) is 0 Å². The van der Waals surface area contributed by atoms with Crippen LogP contribution in [0.25, 0.3) is 0 Å². The molecule has 1 N–H and O–H groups in total. The van der Waals surface area contributed by atoms with Crippen LogP contribution in [0, 0.1) is 0 Å². The van der Waals surface area contributed by atoms with E-state index in [1.807, 2.05) is 6.92 Å². The Kier molecular flexibility index (Phi) is 6.52. The number of ether oxygens (including phenoxy) is 1. The molecule has 2 rings (SSSR count). The number of hydrogen-bond acceptors (Lipinski definition) is 3. The molecule has 1 aliphatic heterocycles. The van der Waals surface area contributed by atoms with E-state index < -0.39 is 0 Å². The zero-order valence-corrected chi connectivity index (χ0v) is 13.8. The van der Waals surface area contributed by atoms with Crippen LogP contribution in [0.15, 0.2) is 24.3 Å². The molecule has 1 aliphatic rings. The molecule has 118 valence electrons. The molecule has 0 aromatic heterocycles. The molecular weight excluding hydrogens is 260 g/mol. The van der Waals surface area contributed by atoms with E-state index in [0.717, 1.165) is 25.4 Å². The molecule has 1 saturated heterocycles. The second-order valence-corrected chi connectivity index (χ2v) is 5.94. The van der Waals surface area contributed by atoms with Gasteiger partial charge >= 0.3 is 0 Å². The van der Waals surface area contributed by atoms with Crippen molar-refractivity contribution in [3.05, 3.63) is 29.8 Å². The van der Waals surface area contributed by atoms with Gasteiger partial charge in [-0.25, -0.2) is 0 Å². The van der Waals surface area contributed by atoms with Gasteiger partial charge in [-0.3, -0.25) is 4.90 Å². The fourth-order valence-corrected chi connectivity index (χ4v) is 3.24. The number of para-hydroxylation sites is 1. The summed E-state index contributed by atoms with van der Waals surface area (Å²) in [6, 6.07) is 9.53. The molecule has 0 amide bonds. The molecule has 0 radical (unpaired) electrons. The van der Waals surface area contributed by atoms with Gasteiger partial charge in [0.25, 0.3) is 0 Å². The summed E-state index contributed by atoms with van der Waals surface area (Å²) in [6.45, 7) is 10.8. The van der Waals surface area contributed by atoms with Crippen molar-refractivity contribution in [2.75, 3.05) is 26.2 Å². The van der Waals surface area contributed by atoms with E-state index in [2.05, 4.69) is 48.3 Å². The number of hydrogen-bond donors (Lipinski definition) is 1. The van der Waals surface area contributed by atoms with Crippen molar-refractivity contribution in [2.24, 2.45) is 0 Å². The molecule has 3 nitrogen and oxygen atoms in total. The number of nitrogens with zero attached hydrogens (tertiary/aromatic N) is 1. The van der Waals surface area contributed by atoms with Crippen molar-refractivity contribution in [2.45, 2.75) is 52.1 Å². The fourth-order valence-electron chi connectivity index (χ4n) is 3.24. The quantitative estimate of drug-likeness (QED) is 0.791. The average Bonchev–Trinajstić information content (AvgIpc) is 3.00. The van der Waals surface area contributed by atoms with E-state index in [1.54, 1.807) is 0 Å². The van der Waals surface area contributed by atoms with Gasteiger partial charge in [0.1, 0.15) is 5.75 Å². The minimum atomic E-state index is 0.398. The lowest BCUT2D eigenvalue weighted by atomic mass is 10.0. The number of nitrogens with one attached hydrogen (secondary N) is 1. The van der Waals surface area contributed by atoms with Crippen molar-refractivity contribution in [1.29, 1.82) is 0 Å². The molecule has 0 saturated carbocycles. The molecule has 0 spiro atoms. The van der Waals surface area contributed by atoms with Crippen LogP contribution < -0.4 is 10.1 Å². The van der Waals surface area contributed by atoms with Crippen LogP contribution in [0.5, 0.6) is 5.75 Å². The molecule has 21 heavy (non-hydrogen) atoms. The summed E-state index contributed by atoms with van der Waals surface area (Å²) >= 11 is 0. The number of rotatable bonds is 8. The van der Waals surface area contributed by atoms with Crippen LogP contribution >= 0.6 is 0 Å². The predicted molar refractivity (Wildman–Crippen MR) is 88.9 cm³/mol. The van der Waals surface area contributed by atoms with Crippen LogP contribution in [-0.2, 0) is 0 Å². The summed E-state index contributed by atoms with van der Waals surface area (Å²) in [5, 5.41) is 3.62. The van der Waals surface area contributed by atoms with Crippen molar-refractivity contribution in [3.8, 4) is 5.75 Å². The Labute approximate surface area is 129 Å². The van der Waals surface area contributed by atoms with Crippen LogP contribution in [-0.4, -0.2) is 37.2 Å². The highest BCUT2D eigenvalue weighted by Gasteiger charge is 2.23. The van der Waals surface area contributed by atoms with Crippen LogP contribution in [0.4, 0.5) is 0 Å². The molecule has 2 atom stereocenters. The second kappa shape index (κ2) is 8.40. The van der Waals surface area contributed by atoms with E-state index in [1.165, 1.54) is 31.4 Å². The smallest absolute Gasteiger partial charge is 0.124 e. The van der Waals surface area contributed by atoms with Crippen LogP contribution in [0.1, 0.15) is 51.6 Å². The highest BCUT2D eigenvalue weighted by molar-refractivity contribution is 5.35. The Hall–Kier alpha value is -1.06. The Morgan fingerprint density at radius 3 is 2.81 bits per heavy atom. The van der Waals surface area contributed by atoms with E-state index in [0.29, 0.717) is 12.1 Å². The maximum Gasteiger partial charge on any atom is 0.124 e. The molecule has 0 aliphatic carbocycles. The first-order valence-corrected chi connectivity index (χ1v) is 8.45. The average molecular weight is 290 g/mol. The predicted octanol–water partition coefficient (Wildman–Crippen LogP) is 3.61. The van der Waals surface area contributed by atoms with E-state index in [-0.39, 0.29) is 0 Å². The third kappa shape index (κ3) is 4.45. The lowest BCUT2D eigenvalue weighted by molar-refractivity contribution is 0.188. The molecule has 0 bridgehead atoms. The summed E-state index contributed by atoms with van der Waals surface area (Å²) < 4.78 is 5.81. The van der Waals surface area contributed by atoms with Gasteiger partial charge in [-0.05, 0) is 52.3 Å². The maximum atomic E-state index is 5.81. The highest BCUT2D eigenvalue weighted by atomic mass is 16.5. The SMILES string of the molecule is CCCN(CC1CCCN1)C(C)c1ccccc1OCC. The van der Waals surface area contributed by atoms with Crippen LogP contribution in [0.3, 0.4) is 0 Å². The summed E-state index contributed by atoms with van der Waals surface area (Å²) in [5.41, 5.74) is 1.31. The Morgan fingerprint density at radius 2 is 2.14 bits per heavy atom. The Bertz CT molecular complexity index is 415.